The molecule has 1 aromatic carbocycles. The Bertz CT molecular complexity index is 436. The molecule has 1 N–H and O–H groups in total. The predicted molar refractivity (Wildman–Crippen MR) is 75.2 cm³/mol. The van der Waals surface area contributed by atoms with E-state index in [0.29, 0.717) is 18.0 Å². The second kappa shape index (κ2) is 7.36. The van der Waals surface area contributed by atoms with Crippen molar-refractivity contribution in [3.8, 4) is 0 Å². The molecule has 2 rings (SSSR count). The number of rotatable bonds is 6. The Morgan fingerprint density at radius 1 is 1.45 bits per heavy atom. The van der Waals surface area contributed by atoms with E-state index in [-0.39, 0.29) is 11.7 Å². The van der Waals surface area contributed by atoms with Gasteiger partial charge in [0.15, 0.2) is 0 Å². The molecule has 20 heavy (non-hydrogen) atoms. The molecule has 110 valence electrons. The van der Waals surface area contributed by atoms with E-state index in [9.17, 15) is 9.18 Å². The molecule has 1 amide bonds. The molecule has 0 aromatic heterocycles. The molecule has 1 atom stereocenters. The zero-order valence-electron chi connectivity index (χ0n) is 11.8. The molecule has 5 heteroatoms. The summed E-state index contributed by atoms with van der Waals surface area (Å²) in [6, 6.07) is 5.61. The fraction of sp³-hybridized carbons (Fsp3) is 0.533. The van der Waals surface area contributed by atoms with Crippen LogP contribution in [-0.4, -0.2) is 50.7 Å². The van der Waals surface area contributed by atoms with Crippen LogP contribution in [0.4, 0.5) is 4.39 Å². The molecule has 1 fully saturated rings. The average Bonchev–Trinajstić information content (AvgIpc) is 2.91. The molecule has 1 aliphatic heterocycles. The lowest BCUT2D eigenvalue weighted by molar-refractivity contribution is 0.0946. The van der Waals surface area contributed by atoms with E-state index in [0.717, 1.165) is 32.7 Å². The molecule has 0 spiro atoms. The Balaban J connectivity index is 1.73. The summed E-state index contributed by atoms with van der Waals surface area (Å²) < 4.78 is 17.8. The summed E-state index contributed by atoms with van der Waals surface area (Å²) in [5.41, 5.74) is 0.501. The number of carbonyl (C=O) groups is 1. The summed E-state index contributed by atoms with van der Waals surface area (Å²) in [6.45, 7) is 4.40. The minimum atomic E-state index is -0.328. The van der Waals surface area contributed by atoms with Gasteiger partial charge in [-0.15, -0.1) is 0 Å². The summed E-state index contributed by atoms with van der Waals surface area (Å²) in [5.74, 6) is 0.0164. The number of nitrogens with zero attached hydrogens (tertiary/aromatic N) is 1. The largest absolute Gasteiger partial charge is 0.383 e. The van der Waals surface area contributed by atoms with Crippen LogP contribution in [0.25, 0.3) is 0 Å². The minimum absolute atomic E-state index is 0.139. The molecule has 0 aliphatic carbocycles. The van der Waals surface area contributed by atoms with E-state index in [1.54, 1.807) is 7.11 Å². The number of carbonyl (C=O) groups excluding carboxylic acids is 1. The van der Waals surface area contributed by atoms with Gasteiger partial charge in [0.25, 0.3) is 5.91 Å². The molecular formula is C15H21FN2O2. The SMILES string of the molecule is COCCN1CCC(CNC(=O)c2ccc(F)cc2)C1. The maximum absolute atomic E-state index is 12.8. The highest BCUT2D eigenvalue weighted by Crippen LogP contribution is 2.15. The van der Waals surface area contributed by atoms with Crippen molar-refractivity contribution < 1.29 is 13.9 Å². The van der Waals surface area contributed by atoms with Crippen molar-refractivity contribution in [3.05, 3.63) is 35.6 Å². The lowest BCUT2D eigenvalue weighted by Gasteiger charge is -2.15. The summed E-state index contributed by atoms with van der Waals surface area (Å²) in [4.78, 5) is 14.2. The Labute approximate surface area is 118 Å². The van der Waals surface area contributed by atoms with E-state index in [4.69, 9.17) is 4.74 Å². The first-order chi connectivity index (χ1) is 9.69. The van der Waals surface area contributed by atoms with Crippen LogP contribution >= 0.6 is 0 Å². The van der Waals surface area contributed by atoms with Crippen LogP contribution in [0.2, 0.25) is 0 Å². The third-order valence-electron chi connectivity index (χ3n) is 3.64. The van der Waals surface area contributed by atoms with Crippen molar-refractivity contribution >= 4 is 5.91 Å². The van der Waals surface area contributed by atoms with Gasteiger partial charge in [0.05, 0.1) is 6.61 Å². The van der Waals surface area contributed by atoms with Crippen LogP contribution in [0.1, 0.15) is 16.8 Å². The summed E-state index contributed by atoms with van der Waals surface area (Å²) in [7, 11) is 1.70. The van der Waals surface area contributed by atoms with E-state index >= 15 is 0 Å². The Hall–Kier alpha value is -1.46. The van der Waals surface area contributed by atoms with Crippen molar-refractivity contribution in [2.75, 3.05) is 39.9 Å². The fourth-order valence-electron chi connectivity index (χ4n) is 2.44. The standard InChI is InChI=1S/C15H21FN2O2/c1-20-9-8-18-7-6-12(11-18)10-17-15(19)13-2-4-14(16)5-3-13/h2-5,12H,6-11H2,1H3,(H,17,19). The number of halogens is 1. The van der Waals surface area contributed by atoms with Crippen molar-refractivity contribution in [2.24, 2.45) is 5.92 Å². The smallest absolute Gasteiger partial charge is 0.251 e. The number of likely N-dealkylation sites (tertiary alicyclic amines) is 1. The highest BCUT2D eigenvalue weighted by molar-refractivity contribution is 5.94. The minimum Gasteiger partial charge on any atom is -0.383 e. The zero-order valence-corrected chi connectivity index (χ0v) is 11.8. The van der Waals surface area contributed by atoms with E-state index < -0.39 is 0 Å². The van der Waals surface area contributed by atoms with Crippen LogP contribution in [-0.2, 0) is 4.74 Å². The molecule has 0 saturated carbocycles. The highest BCUT2D eigenvalue weighted by atomic mass is 19.1. The van der Waals surface area contributed by atoms with Crippen molar-refractivity contribution in [1.29, 1.82) is 0 Å². The Kier molecular flexibility index (Phi) is 5.49. The molecule has 0 radical (unpaired) electrons. The van der Waals surface area contributed by atoms with Gasteiger partial charge >= 0.3 is 0 Å². The number of hydrogen-bond acceptors (Lipinski definition) is 3. The second-order valence-corrected chi connectivity index (χ2v) is 5.17. The first kappa shape index (κ1) is 14.9. The Morgan fingerprint density at radius 2 is 2.20 bits per heavy atom. The topological polar surface area (TPSA) is 41.6 Å². The van der Waals surface area contributed by atoms with E-state index in [1.807, 2.05) is 0 Å². The average molecular weight is 280 g/mol. The van der Waals surface area contributed by atoms with E-state index in [2.05, 4.69) is 10.2 Å². The van der Waals surface area contributed by atoms with Crippen LogP contribution in [0.15, 0.2) is 24.3 Å². The third-order valence-corrected chi connectivity index (χ3v) is 3.64. The quantitative estimate of drug-likeness (QED) is 0.859. The number of benzene rings is 1. The fourth-order valence-corrected chi connectivity index (χ4v) is 2.44. The number of ether oxygens (including phenoxy) is 1. The zero-order chi connectivity index (χ0) is 14.4. The van der Waals surface area contributed by atoms with E-state index in [1.165, 1.54) is 24.3 Å². The molecule has 0 bridgehead atoms. The number of hydrogen-bond donors (Lipinski definition) is 1. The molecule has 4 nitrogen and oxygen atoms in total. The van der Waals surface area contributed by atoms with Crippen LogP contribution in [0, 0.1) is 11.7 Å². The van der Waals surface area contributed by atoms with Gasteiger partial charge < -0.3 is 15.0 Å². The number of nitrogens with one attached hydrogen (secondary N) is 1. The molecule has 1 aromatic rings. The van der Waals surface area contributed by atoms with Gasteiger partial charge in [0.1, 0.15) is 5.82 Å². The first-order valence-electron chi connectivity index (χ1n) is 6.94. The molecule has 1 aliphatic rings. The Morgan fingerprint density at radius 3 is 2.90 bits per heavy atom. The van der Waals surface area contributed by atoms with Crippen molar-refractivity contribution in [1.82, 2.24) is 10.2 Å². The normalized spacial score (nSPS) is 19.2. The first-order valence-corrected chi connectivity index (χ1v) is 6.94. The highest BCUT2D eigenvalue weighted by Gasteiger charge is 2.22. The van der Waals surface area contributed by atoms with Gasteiger partial charge in [-0.25, -0.2) is 4.39 Å². The lowest BCUT2D eigenvalue weighted by atomic mass is 10.1. The maximum Gasteiger partial charge on any atom is 0.251 e. The maximum atomic E-state index is 12.8. The van der Waals surface area contributed by atoms with Gasteiger partial charge in [-0.1, -0.05) is 0 Å². The second-order valence-electron chi connectivity index (χ2n) is 5.17. The van der Waals surface area contributed by atoms with Crippen molar-refractivity contribution in [3.63, 3.8) is 0 Å². The van der Waals surface area contributed by atoms with Gasteiger partial charge in [0, 0.05) is 32.3 Å². The van der Waals surface area contributed by atoms with Gasteiger partial charge in [-0.05, 0) is 43.1 Å². The van der Waals surface area contributed by atoms with Crippen LogP contribution in [0.5, 0.6) is 0 Å². The summed E-state index contributed by atoms with van der Waals surface area (Å²) >= 11 is 0. The van der Waals surface area contributed by atoms with Crippen molar-refractivity contribution in [2.45, 2.75) is 6.42 Å². The van der Waals surface area contributed by atoms with Crippen LogP contribution < -0.4 is 5.32 Å². The number of methoxy groups -OCH3 is 1. The predicted octanol–water partition coefficient (Wildman–Crippen LogP) is 1.52. The summed E-state index contributed by atoms with van der Waals surface area (Å²) in [6.07, 6.45) is 1.09. The molecule has 1 heterocycles. The van der Waals surface area contributed by atoms with Crippen LogP contribution in [0.3, 0.4) is 0 Å². The molecule has 1 saturated heterocycles. The lowest BCUT2D eigenvalue weighted by Crippen LogP contribution is -2.31. The molecule has 1 unspecified atom stereocenters. The molecular weight excluding hydrogens is 259 g/mol. The van der Waals surface area contributed by atoms with Gasteiger partial charge in [-0.2, -0.15) is 0 Å². The summed E-state index contributed by atoms with van der Waals surface area (Å²) in [5, 5.41) is 2.92. The van der Waals surface area contributed by atoms with Gasteiger partial charge in [0.2, 0.25) is 0 Å². The van der Waals surface area contributed by atoms with Gasteiger partial charge in [-0.3, -0.25) is 4.79 Å². The monoisotopic (exact) mass is 280 g/mol. The number of amides is 1. The third kappa shape index (κ3) is 4.28.